The van der Waals surface area contributed by atoms with Gasteiger partial charge in [-0.3, -0.25) is 0 Å². The first kappa shape index (κ1) is 26.1. The molecule has 1 rings (SSSR count). The fourth-order valence-corrected chi connectivity index (χ4v) is 1.92. The molecule has 0 radical (unpaired) electrons. The number of rotatable bonds is 12. The Hall–Kier alpha value is -2.85. The summed E-state index contributed by atoms with van der Waals surface area (Å²) in [6.07, 6.45) is 1.14. The van der Waals surface area contributed by atoms with Crippen molar-refractivity contribution < 1.29 is 38.2 Å². The maximum absolute atomic E-state index is 12.6. The minimum atomic E-state index is -2.46. The molecule has 0 aliphatic carbocycles. The smallest absolute Gasteiger partial charge is 0.328 e. The molecule has 0 saturated carbocycles. The first-order chi connectivity index (χ1) is 13.8. The summed E-state index contributed by atoms with van der Waals surface area (Å²) in [5, 5.41) is 19.7. The number of nitrogens with zero attached hydrogens (tertiary/aromatic N) is 1. The third-order valence-electron chi connectivity index (χ3n) is 3.26. The summed E-state index contributed by atoms with van der Waals surface area (Å²) in [4.78, 5) is 24.2. The average molecular weight is 416 g/mol. The lowest BCUT2D eigenvalue weighted by Gasteiger charge is -2.08. The molecule has 0 bridgehead atoms. The normalized spacial score (nSPS) is 11.3. The minimum Gasteiger partial charge on any atom is -0.478 e. The molecular weight excluding hydrogens is 390 g/mol. The number of carbonyl (C=O) groups is 2. The van der Waals surface area contributed by atoms with E-state index < -0.39 is 18.4 Å². The molecule has 0 aromatic heterocycles. The summed E-state index contributed by atoms with van der Waals surface area (Å²) < 4.78 is 30.1. The second-order valence-corrected chi connectivity index (χ2v) is 5.54. The number of carboxylic acids is 2. The van der Waals surface area contributed by atoms with Crippen LogP contribution in [0.15, 0.2) is 41.6 Å². The van der Waals surface area contributed by atoms with E-state index in [9.17, 15) is 18.4 Å². The standard InChI is InChI=1S/C15H22F2N2O2.C4H4O4/c1-20-10-3-2-4-14(19-21-11-9-18)12-5-7-13(8-6-12)15(16)17;5-3(6)1-2-4(7)8/h5-8,15H,2-4,9-11,18H2,1H3;1-2H,(H,5,6)(H,7,8)/b19-14+;2-1-. The number of aliphatic carboxylic acids is 2. The zero-order valence-corrected chi connectivity index (χ0v) is 16.1. The molecule has 0 heterocycles. The van der Waals surface area contributed by atoms with Crippen LogP contribution >= 0.6 is 0 Å². The lowest BCUT2D eigenvalue weighted by atomic mass is 10.0. The molecular formula is C19H26F2N2O6. The molecule has 8 nitrogen and oxygen atoms in total. The van der Waals surface area contributed by atoms with Crippen molar-refractivity contribution in [3.63, 3.8) is 0 Å². The second kappa shape index (κ2) is 16.1. The Morgan fingerprint density at radius 1 is 1.10 bits per heavy atom. The summed E-state index contributed by atoms with van der Waals surface area (Å²) >= 11 is 0. The molecule has 1 aromatic rings. The molecule has 0 atom stereocenters. The third kappa shape index (κ3) is 13.9. The van der Waals surface area contributed by atoms with Crippen molar-refractivity contribution >= 4 is 17.7 Å². The molecule has 0 unspecified atom stereocenters. The van der Waals surface area contributed by atoms with E-state index in [-0.39, 0.29) is 5.56 Å². The van der Waals surface area contributed by atoms with Crippen LogP contribution in [-0.4, -0.2) is 54.7 Å². The maximum Gasteiger partial charge on any atom is 0.328 e. The topological polar surface area (TPSA) is 131 Å². The number of hydrogen-bond acceptors (Lipinski definition) is 6. The van der Waals surface area contributed by atoms with Gasteiger partial charge >= 0.3 is 11.9 Å². The Kier molecular flexibility index (Phi) is 14.6. The van der Waals surface area contributed by atoms with Crippen molar-refractivity contribution in [2.24, 2.45) is 10.9 Å². The van der Waals surface area contributed by atoms with Gasteiger partial charge in [0.25, 0.3) is 6.43 Å². The summed E-state index contributed by atoms with van der Waals surface area (Å²) in [5.41, 5.74) is 6.87. The van der Waals surface area contributed by atoms with Gasteiger partial charge in [0.15, 0.2) is 0 Å². The zero-order chi connectivity index (χ0) is 22.1. The van der Waals surface area contributed by atoms with Gasteiger partial charge in [-0.05, 0) is 24.8 Å². The van der Waals surface area contributed by atoms with Gasteiger partial charge in [0.1, 0.15) is 6.61 Å². The largest absolute Gasteiger partial charge is 0.478 e. The number of carboxylic acid groups (broad SMARTS) is 2. The van der Waals surface area contributed by atoms with Gasteiger partial charge in [0.2, 0.25) is 0 Å². The number of benzene rings is 1. The minimum absolute atomic E-state index is 0.000333. The molecule has 10 heteroatoms. The molecule has 29 heavy (non-hydrogen) atoms. The molecule has 0 saturated heterocycles. The van der Waals surface area contributed by atoms with Crippen LogP contribution in [0.25, 0.3) is 0 Å². The maximum atomic E-state index is 12.6. The fraction of sp³-hybridized carbons (Fsp3) is 0.421. The molecule has 4 N–H and O–H groups in total. The van der Waals surface area contributed by atoms with Crippen molar-refractivity contribution in [3.05, 3.63) is 47.5 Å². The van der Waals surface area contributed by atoms with E-state index >= 15 is 0 Å². The molecule has 0 aliphatic rings. The highest BCUT2D eigenvalue weighted by atomic mass is 19.3. The second-order valence-electron chi connectivity index (χ2n) is 5.54. The van der Waals surface area contributed by atoms with Crippen molar-refractivity contribution in [3.8, 4) is 0 Å². The molecule has 0 spiro atoms. The van der Waals surface area contributed by atoms with Gasteiger partial charge in [-0.15, -0.1) is 0 Å². The monoisotopic (exact) mass is 416 g/mol. The van der Waals surface area contributed by atoms with E-state index in [0.29, 0.717) is 38.3 Å². The number of ether oxygens (including phenoxy) is 1. The first-order valence-corrected chi connectivity index (χ1v) is 8.72. The number of unbranched alkanes of at least 4 members (excludes halogenated alkanes) is 1. The predicted molar refractivity (Wildman–Crippen MR) is 103 cm³/mol. The summed E-state index contributed by atoms with van der Waals surface area (Å²) in [6.45, 7) is 1.39. The van der Waals surface area contributed by atoms with Crippen LogP contribution < -0.4 is 5.73 Å². The van der Waals surface area contributed by atoms with Crippen LogP contribution in [-0.2, 0) is 19.2 Å². The summed E-state index contributed by atoms with van der Waals surface area (Å²) in [7, 11) is 1.66. The average Bonchev–Trinajstić information content (AvgIpc) is 2.69. The third-order valence-corrected chi connectivity index (χ3v) is 3.26. The van der Waals surface area contributed by atoms with Crippen molar-refractivity contribution in [2.75, 3.05) is 26.9 Å². The zero-order valence-electron chi connectivity index (χ0n) is 16.1. The van der Waals surface area contributed by atoms with Crippen LogP contribution in [0.3, 0.4) is 0 Å². The van der Waals surface area contributed by atoms with E-state index in [1.807, 2.05) is 0 Å². The Morgan fingerprint density at radius 3 is 2.14 bits per heavy atom. The highest BCUT2D eigenvalue weighted by molar-refractivity contribution is 6.00. The van der Waals surface area contributed by atoms with Crippen LogP contribution in [0.2, 0.25) is 0 Å². The Labute approximate surface area is 167 Å². The van der Waals surface area contributed by atoms with E-state index in [2.05, 4.69) is 5.16 Å². The lowest BCUT2D eigenvalue weighted by Crippen LogP contribution is -2.08. The van der Waals surface area contributed by atoms with Gasteiger partial charge in [-0.25, -0.2) is 18.4 Å². The van der Waals surface area contributed by atoms with Crippen LogP contribution in [0.5, 0.6) is 0 Å². The SMILES string of the molecule is COCCCC/C(=N\OCCN)c1ccc(C(F)F)cc1.O=C(O)/C=C\C(=O)O. The molecule has 0 aliphatic heterocycles. The van der Waals surface area contributed by atoms with E-state index in [0.717, 1.165) is 24.1 Å². The van der Waals surface area contributed by atoms with Gasteiger partial charge in [-0.1, -0.05) is 29.4 Å². The summed E-state index contributed by atoms with van der Waals surface area (Å²) in [6, 6.07) is 6.10. The molecule has 1 aromatic carbocycles. The van der Waals surface area contributed by atoms with Crippen molar-refractivity contribution in [1.82, 2.24) is 0 Å². The Balaban J connectivity index is 0.000000828. The van der Waals surface area contributed by atoms with Gasteiger partial charge < -0.3 is 25.5 Å². The highest BCUT2D eigenvalue weighted by Gasteiger charge is 2.09. The number of oxime groups is 1. The van der Waals surface area contributed by atoms with Crippen molar-refractivity contribution in [2.45, 2.75) is 25.7 Å². The number of hydrogen-bond donors (Lipinski definition) is 3. The van der Waals surface area contributed by atoms with E-state index in [1.54, 1.807) is 19.2 Å². The summed E-state index contributed by atoms with van der Waals surface area (Å²) in [5.74, 6) is -2.51. The van der Waals surface area contributed by atoms with Crippen molar-refractivity contribution in [1.29, 1.82) is 0 Å². The van der Waals surface area contributed by atoms with Gasteiger partial charge in [-0.2, -0.15) is 0 Å². The van der Waals surface area contributed by atoms with Crippen LogP contribution in [0.4, 0.5) is 8.78 Å². The predicted octanol–water partition coefficient (Wildman–Crippen LogP) is 2.83. The van der Waals surface area contributed by atoms with E-state index in [4.69, 9.17) is 25.5 Å². The van der Waals surface area contributed by atoms with Crippen LogP contribution in [0, 0.1) is 0 Å². The Morgan fingerprint density at radius 2 is 1.69 bits per heavy atom. The van der Waals surface area contributed by atoms with Gasteiger partial charge in [0, 0.05) is 38.0 Å². The van der Waals surface area contributed by atoms with Crippen LogP contribution in [0.1, 0.15) is 36.8 Å². The number of halogens is 2. The first-order valence-electron chi connectivity index (χ1n) is 8.72. The van der Waals surface area contributed by atoms with Gasteiger partial charge in [0.05, 0.1) is 5.71 Å². The molecule has 162 valence electrons. The molecule has 0 amide bonds. The van der Waals surface area contributed by atoms with E-state index in [1.165, 1.54) is 12.1 Å². The number of methoxy groups -OCH3 is 1. The number of nitrogens with two attached hydrogens (primary N) is 1. The Bertz CT molecular complexity index is 647. The molecule has 0 fully saturated rings. The quantitative estimate of drug-likeness (QED) is 0.207. The number of alkyl halides is 2. The fourth-order valence-electron chi connectivity index (χ4n) is 1.92. The highest BCUT2D eigenvalue weighted by Crippen LogP contribution is 2.19. The lowest BCUT2D eigenvalue weighted by molar-refractivity contribution is -0.134.